The van der Waals surface area contributed by atoms with Crippen molar-refractivity contribution in [3.05, 3.63) is 39.9 Å². The molecule has 30 heavy (non-hydrogen) atoms. The first-order valence-electron chi connectivity index (χ1n) is 11.4. The third-order valence-corrected chi connectivity index (χ3v) is 7.96. The van der Waals surface area contributed by atoms with E-state index in [2.05, 4.69) is 62.4 Å². The molecule has 2 aromatic heterocycles. The molecule has 0 unspecified atom stereocenters. The van der Waals surface area contributed by atoms with Gasteiger partial charge in [-0.05, 0) is 80.6 Å². The Kier molecular flexibility index (Phi) is 8.06. The maximum Gasteiger partial charge on any atom is 0.191 e. The molecule has 164 valence electrons. The summed E-state index contributed by atoms with van der Waals surface area (Å²) in [6, 6.07) is 9.30. The minimum Gasteiger partial charge on any atom is -0.363 e. The van der Waals surface area contributed by atoms with E-state index in [-0.39, 0.29) is 0 Å². The molecule has 0 amide bonds. The number of hydrogen-bond acceptors (Lipinski definition) is 5. The molecule has 2 aliphatic heterocycles. The standard InChI is InChI=1S/C23H35N5S2/c1-2-24-23(26-20-9-13-28(14-10-20)22-6-4-16-30-22)25-17-19-7-11-27(12-8-19)18-21-5-3-15-29-21/h3-6,15-16,19-20H,2,7-14,17-18H2,1H3,(H2,24,25,26). The summed E-state index contributed by atoms with van der Waals surface area (Å²) in [5, 5.41) is 12.9. The quantitative estimate of drug-likeness (QED) is 0.494. The largest absolute Gasteiger partial charge is 0.363 e. The van der Waals surface area contributed by atoms with Crippen molar-refractivity contribution in [2.45, 2.75) is 45.2 Å². The lowest BCUT2D eigenvalue weighted by Gasteiger charge is -2.34. The van der Waals surface area contributed by atoms with Crippen LogP contribution >= 0.6 is 22.7 Å². The SMILES string of the molecule is CCNC(=NCC1CCN(Cc2cccs2)CC1)NC1CCN(c2cccs2)CC1. The number of thiophene rings is 2. The second-order valence-corrected chi connectivity index (χ2v) is 10.3. The molecule has 0 aliphatic carbocycles. The van der Waals surface area contributed by atoms with Crippen LogP contribution in [0.1, 0.15) is 37.5 Å². The predicted molar refractivity (Wildman–Crippen MR) is 131 cm³/mol. The maximum atomic E-state index is 4.97. The summed E-state index contributed by atoms with van der Waals surface area (Å²) in [6.45, 7) is 9.77. The lowest BCUT2D eigenvalue weighted by Crippen LogP contribution is -2.48. The second kappa shape index (κ2) is 11.2. The summed E-state index contributed by atoms with van der Waals surface area (Å²) < 4.78 is 0. The summed E-state index contributed by atoms with van der Waals surface area (Å²) >= 11 is 3.71. The van der Waals surface area contributed by atoms with E-state index in [0.29, 0.717) is 12.0 Å². The van der Waals surface area contributed by atoms with Crippen LogP contribution in [0.2, 0.25) is 0 Å². The fourth-order valence-electron chi connectivity index (χ4n) is 4.38. The van der Waals surface area contributed by atoms with E-state index in [0.717, 1.165) is 38.7 Å². The zero-order valence-corrected chi connectivity index (χ0v) is 19.7. The Bertz CT molecular complexity index is 743. The first-order valence-corrected chi connectivity index (χ1v) is 13.1. The zero-order valence-electron chi connectivity index (χ0n) is 18.1. The van der Waals surface area contributed by atoms with Crippen molar-refractivity contribution in [2.75, 3.05) is 44.2 Å². The average molecular weight is 446 g/mol. The monoisotopic (exact) mass is 445 g/mol. The van der Waals surface area contributed by atoms with Crippen LogP contribution < -0.4 is 15.5 Å². The molecule has 0 bridgehead atoms. The summed E-state index contributed by atoms with van der Waals surface area (Å²) in [5.41, 5.74) is 0. The molecular weight excluding hydrogens is 410 g/mol. The van der Waals surface area contributed by atoms with Crippen LogP contribution in [0.15, 0.2) is 40.0 Å². The molecule has 2 saturated heterocycles. The molecule has 5 nitrogen and oxygen atoms in total. The number of guanidine groups is 1. The van der Waals surface area contributed by atoms with Crippen LogP contribution in [0.5, 0.6) is 0 Å². The van der Waals surface area contributed by atoms with Gasteiger partial charge in [0.2, 0.25) is 0 Å². The Morgan fingerprint density at radius 3 is 2.47 bits per heavy atom. The molecule has 0 atom stereocenters. The van der Waals surface area contributed by atoms with E-state index in [1.807, 2.05) is 22.7 Å². The van der Waals surface area contributed by atoms with Gasteiger partial charge in [-0.15, -0.1) is 22.7 Å². The maximum absolute atomic E-state index is 4.97. The van der Waals surface area contributed by atoms with Gasteiger partial charge in [-0.3, -0.25) is 9.89 Å². The Balaban J connectivity index is 1.20. The highest BCUT2D eigenvalue weighted by atomic mass is 32.1. The number of rotatable bonds is 7. The van der Waals surface area contributed by atoms with Gasteiger partial charge in [0.25, 0.3) is 0 Å². The average Bonchev–Trinajstić information content (AvgIpc) is 3.48. The van der Waals surface area contributed by atoms with Crippen molar-refractivity contribution in [3.63, 3.8) is 0 Å². The summed E-state index contributed by atoms with van der Waals surface area (Å²) in [5.74, 6) is 1.72. The Labute approximate surface area is 189 Å². The minimum absolute atomic E-state index is 0.520. The van der Waals surface area contributed by atoms with E-state index in [1.54, 1.807) is 0 Å². The van der Waals surface area contributed by atoms with E-state index < -0.39 is 0 Å². The highest BCUT2D eigenvalue weighted by Gasteiger charge is 2.22. The molecule has 2 N–H and O–H groups in total. The van der Waals surface area contributed by atoms with Gasteiger partial charge in [0.15, 0.2) is 5.96 Å². The molecule has 0 aromatic carbocycles. The number of nitrogens with one attached hydrogen (secondary N) is 2. The summed E-state index contributed by atoms with van der Waals surface area (Å²) in [7, 11) is 0. The summed E-state index contributed by atoms with van der Waals surface area (Å²) in [4.78, 5) is 11.6. The summed E-state index contributed by atoms with van der Waals surface area (Å²) in [6.07, 6.45) is 4.85. The first-order chi connectivity index (χ1) is 14.8. The van der Waals surface area contributed by atoms with Gasteiger partial charge in [-0.2, -0.15) is 0 Å². The van der Waals surface area contributed by atoms with E-state index in [9.17, 15) is 0 Å². The number of aliphatic imine (C=N–C) groups is 1. The van der Waals surface area contributed by atoms with Gasteiger partial charge in [0.1, 0.15) is 0 Å². The van der Waals surface area contributed by atoms with Crippen LogP contribution in [0.4, 0.5) is 5.00 Å². The van der Waals surface area contributed by atoms with Gasteiger partial charge in [-0.1, -0.05) is 6.07 Å². The van der Waals surface area contributed by atoms with Crippen LogP contribution in [0.25, 0.3) is 0 Å². The van der Waals surface area contributed by atoms with Gasteiger partial charge >= 0.3 is 0 Å². The Hall–Kier alpha value is -1.57. The molecule has 2 aliphatic rings. The lowest BCUT2D eigenvalue weighted by molar-refractivity contribution is 0.182. The topological polar surface area (TPSA) is 42.9 Å². The Morgan fingerprint density at radius 1 is 1.03 bits per heavy atom. The van der Waals surface area contributed by atoms with Crippen molar-refractivity contribution in [1.82, 2.24) is 15.5 Å². The third-order valence-electron chi connectivity index (χ3n) is 6.17. The molecular formula is C23H35N5S2. The lowest BCUT2D eigenvalue weighted by atomic mass is 9.97. The van der Waals surface area contributed by atoms with Gasteiger partial charge in [-0.25, -0.2) is 0 Å². The van der Waals surface area contributed by atoms with E-state index in [1.165, 1.54) is 48.7 Å². The number of hydrogen-bond donors (Lipinski definition) is 2. The van der Waals surface area contributed by atoms with Crippen LogP contribution in [0.3, 0.4) is 0 Å². The van der Waals surface area contributed by atoms with Gasteiger partial charge in [0.05, 0.1) is 5.00 Å². The normalized spacial score (nSPS) is 19.9. The number of piperidine rings is 2. The van der Waals surface area contributed by atoms with Crippen molar-refractivity contribution >= 4 is 33.6 Å². The second-order valence-electron chi connectivity index (χ2n) is 8.38. The van der Waals surface area contributed by atoms with Gasteiger partial charge in [0, 0.05) is 43.6 Å². The molecule has 2 aromatic rings. The van der Waals surface area contributed by atoms with Gasteiger partial charge < -0.3 is 15.5 Å². The van der Waals surface area contributed by atoms with Crippen LogP contribution in [-0.4, -0.2) is 56.2 Å². The highest BCUT2D eigenvalue weighted by molar-refractivity contribution is 7.14. The van der Waals surface area contributed by atoms with Crippen molar-refractivity contribution in [3.8, 4) is 0 Å². The molecule has 0 spiro atoms. The minimum atomic E-state index is 0.520. The molecule has 4 rings (SSSR count). The molecule has 0 radical (unpaired) electrons. The number of nitrogens with zero attached hydrogens (tertiary/aromatic N) is 3. The number of likely N-dealkylation sites (tertiary alicyclic amines) is 1. The third kappa shape index (κ3) is 6.22. The predicted octanol–water partition coefficient (Wildman–Crippen LogP) is 4.25. The zero-order chi connectivity index (χ0) is 20.6. The van der Waals surface area contributed by atoms with Crippen molar-refractivity contribution in [2.24, 2.45) is 10.9 Å². The molecule has 4 heterocycles. The molecule has 2 fully saturated rings. The van der Waals surface area contributed by atoms with Crippen LogP contribution in [-0.2, 0) is 6.54 Å². The smallest absolute Gasteiger partial charge is 0.191 e. The molecule has 7 heteroatoms. The Morgan fingerprint density at radius 2 is 1.80 bits per heavy atom. The highest BCUT2D eigenvalue weighted by Crippen LogP contribution is 2.25. The first kappa shape index (κ1) is 21.7. The van der Waals surface area contributed by atoms with Crippen LogP contribution in [0, 0.1) is 5.92 Å². The fraction of sp³-hybridized carbons (Fsp3) is 0.609. The fourth-order valence-corrected chi connectivity index (χ4v) is 5.91. The number of anilines is 1. The van der Waals surface area contributed by atoms with E-state index in [4.69, 9.17) is 4.99 Å². The van der Waals surface area contributed by atoms with Crippen molar-refractivity contribution < 1.29 is 0 Å². The van der Waals surface area contributed by atoms with E-state index >= 15 is 0 Å². The van der Waals surface area contributed by atoms with Crippen molar-refractivity contribution in [1.29, 1.82) is 0 Å². The molecule has 0 saturated carbocycles.